The highest BCUT2D eigenvalue weighted by Crippen LogP contribution is 2.25. The zero-order valence-electron chi connectivity index (χ0n) is 15.7. The Morgan fingerprint density at radius 3 is 2.59 bits per heavy atom. The normalized spacial score (nSPS) is 11.5. The number of para-hydroxylation sites is 2. The Balaban J connectivity index is 1.53. The quantitative estimate of drug-likeness (QED) is 0.441. The summed E-state index contributed by atoms with van der Waals surface area (Å²) in [5.41, 5.74) is 1.85. The van der Waals surface area contributed by atoms with Crippen LogP contribution in [-0.4, -0.2) is 25.1 Å². The standard InChI is InChI=1S/C21H16N4O4/c1-12-13-7-4-6-10-16(13)29-18(12)20(27)28-11-17-22-23-21-24(2)19(26)14-8-3-5-9-15(14)25(17)21/h3-10H,11H2,1-2H3. The number of fused-ring (bicyclic) bond motifs is 4. The van der Waals surface area contributed by atoms with Gasteiger partial charge in [0.2, 0.25) is 11.5 Å². The number of carbonyl (C=O) groups is 1. The van der Waals surface area contributed by atoms with Gasteiger partial charge in [-0.15, -0.1) is 10.2 Å². The van der Waals surface area contributed by atoms with Gasteiger partial charge in [-0.25, -0.2) is 4.79 Å². The van der Waals surface area contributed by atoms with Gasteiger partial charge in [-0.2, -0.15) is 0 Å². The molecule has 0 saturated carbocycles. The number of rotatable bonds is 3. The van der Waals surface area contributed by atoms with E-state index in [1.54, 1.807) is 29.6 Å². The molecule has 0 saturated heterocycles. The molecule has 3 aromatic heterocycles. The molecule has 3 heterocycles. The SMILES string of the molecule is Cc1c(C(=O)OCc2nnc3n(C)c(=O)c4ccccc4n23)oc2ccccc12. The molecule has 5 rings (SSSR count). The lowest BCUT2D eigenvalue weighted by molar-refractivity contribution is 0.0426. The summed E-state index contributed by atoms with van der Waals surface area (Å²) < 4.78 is 14.3. The minimum absolute atomic E-state index is 0.112. The smallest absolute Gasteiger partial charge is 0.375 e. The molecular formula is C21H16N4O4. The lowest BCUT2D eigenvalue weighted by Gasteiger charge is -2.08. The van der Waals surface area contributed by atoms with Crippen LogP contribution in [0.25, 0.3) is 27.6 Å². The van der Waals surface area contributed by atoms with Crippen molar-refractivity contribution in [2.45, 2.75) is 13.5 Å². The van der Waals surface area contributed by atoms with Crippen molar-refractivity contribution in [2.24, 2.45) is 7.05 Å². The van der Waals surface area contributed by atoms with Crippen LogP contribution in [0, 0.1) is 6.92 Å². The maximum atomic E-state index is 12.6. The van der Waals surface area contributed by atoms with Gasteiger partial charge in [0.15, 0.2) is 12.4 Å². The first-order valence-corrected chi connectivity index (χ1v) is 9.03. The molecule has 0 fully saturated rings. The predicted octanol–water partition coefficient (Wildman–Crippen LogP) is 2.99. The lowest BCUT2D eigenvalue weighted by atomic mass is 10.1. The van der Waals surface area contributed by atoms with Crippen LogP contribution in [0.15, 0.2) is 57.7 Å². The third kappa shape index (κ3) is 2.53. The number of aryl methyl sites for hydroxylation is 2. The second-order valence-electron chi connectivity index (χ2n) is 6.76. The van der Waals surface area contributed by atoms with Crippen LogP contribution in [0.5, 0.6) is 0 Å². The molecule has 0 unspecified atom stereocenters. The summed E-state index contributed by atoms with van der Waals surface area (Å²) in [6.45, 7) is 1.71. The van der Waals surface area contributed by atoms with Crippen LogP contribution in [0.2, 0.25) is 0 Å². The van der Waals surface area contributed by atoms with Gasteiger partial charge in [0.05, 0.1) is 10.9 Å². The van der Waals surface area contributed by atoms with Gasteiger partial charge in [0, 0.05) is 18.0 Å². The van der Waals surface area contributed by atoms with Crippen LogP contribution in [0.3, 0.4) is 0 Å². The maximum absolute atomic E-state index is 12.6. The molecule has 0 aliphatic heterocycles. The highest BCUT2D eigenvalue weighted by molar-refractivity contribution is 5.95. The molecule has 29 heavy (non-hydrogen) atoms. The van der Waals surface area contributed by atoms with E-state index in [0.29, 0.717) is 28.1 Å². The Bertz CT molecular complexity index is 1480. The lowest BCUT2D eigenvalue weighted by Crippen LogP contribution is -2.20. The Morgan fingerprint density at radius 1 is 1.07 bits per heavy atom. The minimum atomic E-state index is -0.579. The molecule has 0 amide bonds. The fraction of sp³-hybridized carbons (Fsp3) is 0.143. The van der Waals surface area contributed by atoms with Crippen LogP contribution < -0.4 is 5.56 Å². The van der Waals surface area contributed by atoms with Crippen molar-refractivity contribution in [3.8, 4) is 0 Å². The van der Waals surface area contributed by atoms with Crippen LogP contribution >= 0.6 is 0 Å². The molecule has 0 spiro atoms. The molecule has 5 aromatic rings. The van der Waals surface area contributed by atoms with E-state index in [1.165, 1.54) is 4.57 Å². The summed E-state index contributed by atoms with van der Waals surface area (Å²) in [7, 11) is 1.63. The zero-order valence-corrected chi connectivity index (χ0v) is 15.7. The fourth-order valence-electron chi connectivity index (χ4n) is 3.55. The summed E-state index contributed by atoms with van der Waals surface area (Å²) >= 11 is 0. The third-order valence-electron chi connectivity index (χ3n) is 5.05. The summed E-state index contributed by atoms with van der Waals surface area (Å²) in [6.07, 6.45) is 0. The van der Waals surface area contributed by atoms with E-state index in [-0.39, 0.29) is 17.9 Å². The first-order chi connectivity index (χ1) is 14.1. The molecule has 0 atom stereocenters. The van der Waals surface area contributed by atoms with E-state index in [4.69, 9.17) is 9.15 Å². The molecule has 2 aromatic carbocycles. The summed E-state index contributed by atoms with van der Waals surface area (Å²) in [5.74, 6) is 0.371. The van der Waals surface area contributed by atoms with Crippen molar-refractivity contribution in [1.29, 1.82) is 0 Å². The Labute approximate surface area is 163 Å². The van der Waals surface area contributed by atoms with Crippen molar-refractivity contribution >= 4 is 33.6 Å². The summed E-state index contributed by atoms with van der Waals surface area (Å²) in [5, 5.41) is 9.62. The number of hydrogen-bond acceptors (Lipinski definition) is 6. The van der Waals surface area contributed by atoms with Crippen LogP contribution in [0.4, 0.5) is 0 Å². The van der Waals surface area contributed by atoms with E-state index < -0.39 is 5.97 Å². The predicted molar refractivity (Wildman–Crippen MR) is 106 cm³/mol. The van der Waals surface area contributed by atoms with Crippen molar-refractivity contribution in [3.05, 3.63) is 76.0 Å². The first-order valence-electron chi connectivity index (χ1n) is 9.03. The van der Waals surface area contributed by atoms with E-state index in [9.17, 15) is 9.59 Å². The van der Waals surface area contributed by atoms with Gasteiger partial charge in [-0.1, -0.05) is 30.3 Å². The molecule has 8 nitrogen and oxygen atoms in total. The summed E-state index contributed by atoms with van der Waals surface area (Å²) in [6, 6.07) is 14.6. The number of aromatic nitrogens is 4. The minimum Gasteiger partial charge on any atom is -0.452 e. The average molecular weight is 388 g/mol. The van der Waals surface area contributed by atoms with Crippen LogP contribution in [0.1, 0.15) is 21.9 Å². The first kappa shape index (κ1) is 17.2. The maximum Gasteiger partial charge on any atom is 0.375 e. The molecule has 0 bridgehead atoms. The van der Waals surface area contributed by atoms with Gasteiger partial charge in [-0.3, -0.25) is 13.8 Å². The zero-order chi connectivity index (χ0) is 20.1. The van der Waals surface area contributed by atoms with E-state index in [2.05, 4.69) is 10.2 Å². The molecule has 0 aliphatic carbocycles. The number of hydrogen-bond donors (Lipinski definition) is 0. The molecule has 144 valence electrons. The highest BCUT2D eigenvalue weighted by Gasteiger charge is 2.21. The molecule has 0 radical (unpaired) electrons. The molecular weight excluding hydrogens is 372 g/mol. The monoisotopic (exact) mass is 388 g/mol. The van der Waals surface area contributed by atoms with E-state index >= 15 is 0 Å². The van der Waals surface area contributed by atoms with Crippen LogP contribution in [-0.2, 0) is 18.4 Å². The Kier molecular flexibility index (Phi) is 3.73. The molecule has 0 aliphatic rings. The van der Waals surface area contributed by atoms with Gasteiger partial charge in [0.1, 0.15) is 5.58 Å². The topological polar surface area (TPSA) is 91.6 Å². The Hall–Kier alpha value is -3.94. The van der Waals surface area contributed by atoms with Gasteiger partial charge in [0.25, 0.3) is 5.56 Å². The largest absolute Gasteiger partial charge is 0.452 e. The summed E-state index contributed by atoms with van der Waals surface area (Å²) in [4.78, 5) is 25.1. The number of benzene rings is 2. The van der Waals surface area contributed by atoms with Gasteiger partial charge in [-0.05, 0) is 25.1 Å². The van der Waals surface area contributed by atoms with E-state index in [0.717, 1.165) is 10.9 Å². The van der Waals surface area contributed by atoms with Crippen molar-refractivity contribution in [3.63, 3.8) is 0 Å². The molecule has 8 heteroatoms. The number of carbonyl (C=O) groups excluding carboxylic acids is 1. The Morgan fingerprint density at radius 2 is 1.79 bits per heavy atom. The van der Waals surface area contributed by atoms with E-state index in [1.807, 2.05) is 37.3 Å². The number of esters is 1. The van der Waals surface area contributed by atoms with Crippen molar-refractivity contribution < 1.29 is 13.9 Å². The number of nitrogens with zero attached hydrogens (tertiary/aromatic N) is 4. The van der Waals surface area contributed by atoms with Crippen molar-refractivity contribution in [2.75, 3.05) is 0 Å². The second kappa shape index (κ2) is 6.30. The average Bonchev–Trinajstić information content (AvgIpc) is 3.32. The van der Waals surface area contributed by atoms with Gasteiger partial charge >= 0.3 is 5.97 Å². The highest BCUT2D eigenvalue weighted by atomic mass is 16.5. The number of ether oxygens (including phenoxy) is 1. The fourth-order valence-corrected chi connectivity index (χ4v) is 3.55. The van der Waals surface area contributed by atoms with Crippen molar-refractivity contribution in [1.82, 2.24) is 19.2 Å². The second-order valence-corrected chi connectivity index (χ2v) is 6.76. The number of furan rings is 1. The van der Waals surface area contributed by atoms with Gasteiger partial charge < -0.3 is 9.15 Å². The molecule has 0 N–H and O–H groups in total. The third-order valence-corrected chi connectivity index (χ3v) is 5.05.